The second kappa shape index (κ2) is 5.50. The monoisotopic (exact) mass is 377 g/mol. The Bertz CT molecular complexity index is 500. The molecule has 0 aliphatic rings. The highest BCUT2D eigenvalue weighted by Gasteiger charge is 2.07. The molecule has 90 valence electrons. The Morgan fingerprint density at radius 2 is 2.12 bits per heavy atom. The fourth-order valence-corrected chi connectivity index (χ4v) is 3.63. The topological polar surface area (TPSA) is 12.0 Å². The molecule has 5 heteroatoms. The molecule has 0 spiro atoms. The lowest BCUT2D eigenvalue weighted by Gasteiger charge is -2.09. The highest BCUT2D eigenvalue weighted by atomic mass is 79.9. The van der Waals surface area contributed by atoms with E-state index < -0.39 is 0 Å². The van der Waals surface area contributed by atoms with Crippen LogP contribution in [0.5, 0.6) is 0 Å². The summed E-state index contributed by atoms with van der Waals surface area (Å²) in [4.78, 5) is 1.14. The number of halogens is 3. The fourth-order valence-electron chi connectivity index (χ4n) is 1.51. The van der Waals surface area contributed by atoms with Crippen molar-refractivity contribution >= 4 is 48.9 Å². The minimum Gasteiger partial charge on any atom is -0.378 e. The molecule has 2 aromatic rings. The minimum atomic E-state index is -0.209. The van der Waals surface area contributed by atoms with E-state index in [9.17, 15) is 4.39 Å². The molecule has 0 aliphatic heterocycles. The van der Waals surface area contributed by atoms with Gasteiger partial charge in [0.25, 0.3) is 0 Å². The van der Waals surface area contributed by atoms with Crippen LogP contribution < -0.4 is 5.32 Å². The first-order valence-electron chi connectivity index (χ1n) is 5.00. The summed E-state index contributed by atoms with van der Waals surface area (Å²) < 4.78 is 15.6. The van der Waals surface area contributed by atoms with Crippen molar-refractivity contribution in [1.82, 2.24) is 0 Å². The number of para-hydroxylation sites is 1. The summed E-state index contributed by atoms with van der Waals surface area (Å²) >= 11 is 8.50. The SMILES string of the molecule is Cc1cccc(F)c1NCc1cc(Br)c(Br)s1. The average Bonchev–Trinajstić information content (AvgIpc) is 2.58. The van der Waals surface area contributed by atoms with Gasteiger partial charge in [0.1, 0.15) is 5.82 Å². The van der Waals surface area contributed by atoms with Crippen LogP contribution >= 0.6 is 43.2 Å². The maximum Gasteiger partial charge on any atom is 0.146 e. The Hall–Kier alpha value is -0.390. The first-order chi connectivity index (χ1) is 8.08. The van der Waals surface area contributed by atoms with Crippen LogP contribution in [-0.4, -0.2) is 0 Å². The second-order valence-corrected chi connectivity index (χ2v) is 6.93. The number of nitrogens with one attached hydrogen (secondary N) is 1. The number of hydrogen-bond donors (Lipinski definition) is 1. The number of rotatable bonds is 3. The Morgan fingerprint density at radius 3 is 2.71 bits per heavy atom. The first-order valence-corrected chi connectivity index (χ1v) is 7.41. The summed E-state index contributed by atoms with van der Waals surface area (Å²) in [6.07, 6.45) is 0. The van der Waals surface area contributed by atoms with Gasteiger partial charge in [0.2, 0.25) is 0 Å². The van der Waals surface area contributed by atoms with Crippen LogP contribution in [0.25, 0.3) is 0 Å². The van der Waals surface area contributed by atoms with Gasteiger partial charge >= 0.3 is 0 Å². The predicted molar refractivity (Wildman–Crippen MR) is 78.2 cm³/mol. The van der Waals surface area contributed by atoms with Gasteiger partial charge in [-0.1, -0.05) is 12.1 Å². The summed E-state index contributed by atoms with van der Waals surface area (Å²) in [6.45, 7) is 2.52. The molecule has 0 aliphatic carbocycles. The summed E-state index contributed by atoms with van der Waals surface area (Å²) in [5.74, 6) is -0.209. The second-order valence-electron chi connectivity index (χ2n) is 3.62. The van der Waals surface area contributed by atoms with E-state index in [-0.39, 0.29) is 5.82 Å². The van der Waals surface area contributed by atoms with Crippen molar-refractivity contribution in [2.24, 2.45) is 0 Å². The van der Waals surface area contributed by atoms with E-state index in [1.807, 2.05) is 19.1 Å². The molecule has 1 aromatic heterocycles. The summed E-state index contributed by atoms with van der Waals surface area (Å²) in [6, 6.07) is 7.10. The van der Waals surface area contributed by atoms with E-state index in [0.717, 1.165) is 18.7 Å². The third-order valence-corrected chi connectivity index (χ3v) is 5.61. The van der Waals surface area contributed by atoms with Crippen molar-refractivity contribution in [3.63, 3.8) is 0 Å². The van der Waals surface area contributed by atoms with Crippen LogP contribution in [0.15, 0.2) is 32.5 Å². The summed E-state index contributed by atoms with van der Waals surface area (Å²) in [5, 5.41) is 3.13. The molecular formula is C12H10Br2FNS. The van der Waals surface area contributed by atoms with Crippen molar-refractivity contribution < 1.29 is 4.39 Å². The average molecular weight is 379 g/mol. The van der Waals surface area contributed by atoms with Gasteiger partial charge in [0, 0.05) is 15.9 Å². The van der Waals surface area contributed by atoms with Crippen LogP contribution in [0.3, 0.4) is 0 Å². The molecule has 1 N–H and O–H groups in total. The zero-order chi connectivity index (χ0) is 12.4. The lowest BCUT2D eigenvalue weighted by atomic mass is 10.2. The summed E-state index contributed by atoms with van der Waals surface area (Å²) in [5.41, 5.74) is 1.49. The van der Waals surface area contributed by atoms with Crippen LogP contribution in [0, 0.1) is 12.7 Å². The number of benzene rings is 1. The van der Waals surface area contributed by atoms with Gasteiger partial charge in [-0.15, -0.1) is 11.3 Å². The highest BCUT2D eigenvalue weighted by molar-refractivity contribution is 9.13. The number of thiophene rings is 1. The maximum atomic E-state index is 13.6. The largest absolute Gasteiger partial charge is 0.378 e. The van der Waals surface area contributed by atoms with Gasteiger partial charge in [-0.2, -0.15) is 0 Å². The molecule has 0 saturated heterocycles. The molecule has 1 heterocycles. The van der Waals surface area contributed by atoms with Crippen LogP contribution in [0.2, 0.25) is 0 Å². The van der Waals surface area contributed by atoms with Crippen molar-refractivity contribution in [3.8, 4) is 0 Å². The van der Waals surface area contributed by atoms with Crippen LogP contribution in [0.1, 0.15) is 10.4 Å². The zero-order valence-corrected chi connectivity index (χ0v) is 13.0. The lowest BCUT2D eigenvalue weighted by Crippen LogP contribution is -2.01. The Kier molecular flexibility index (Phi) is 4.22. The molecular weight excluding hydrogens is 369 g/mol. The number of anilines is 1. The van der Waals surface area contributed by atoms with Gasteiger partial charge < -0.3 is 5.32 Å². The molecule has 0 radical (unpaired) electrons. The first kappa shape index (κ1) is 13.1. The molecule has 1 aromatic carbocycles. The minimum absolute atomic E-state index is 0.209. The van der Waals surface area contributed by atoms with Gasteiger partial charge in [-0.25, -0.2) is 4.39 Å². The molecule has 1 nitrogen and oxygen atoms in total. The van der Waals surface area contributed by atoms with E-state index in [1.54, 1.807) is 17.4 Å². The van der Waals surface area contributed by atoms with Gasteiger partial charge in [-0.3, -0.25) is 0 Å². The van der Waals surface area contributed by atoms with Crippen LogP contribution in [-0.2, 0) is 6.54 Å². The molecule has 0 saturated carbocycles. The lowest BCUT2D eigenvalue weighted by molar-refractivity contribution is 0.629. The quantitative estimate of drug-likeness (QED) is 0.760. The summed E-state index contributed by atoms with van der Waals surface area (Å²) in [7, 11) is 0. The van der Waals surface area contributed by atoms with E-state index in [0.29, 0.717) is 12.2 Å². The van der Waals surface area contributed by atoms with Gasteiger partial charge in [0.05, 0.1) is 9.47 Å². The maximum absolute atomic E-state index is 13.6. The molecule has 0 fully saturated rings. The molecule has 0 unspecified atom stereocenters. The van der Waals surface area contributed by atoms with Gasteiger partial charge in [-0.05, 0) is 56.5 Å². The predicted octanol–water partition coefficient (Wildman–Crippen LogP) is 5.33. The van der Waals surface area contributed by atoms with E-state index >= 15 is 0 Å². The Balaban J connectivity index is 2.12. The highest BCUT2D eigenvalue weighted by Crippen LogP contribution is 2.33. The zero-order valence-electron chi connectivity index (χ0n) is 9.06. The smallest absolute Gasteiger partial charge is 0.146 e. The molecule has 17 heavy (non-hydrogen) atoms. The Morgan fingerprint density at radius 1 is 1.35 bits per heavy atom. The molecule has 0 bridgehead atoms. The van der Waals surface area contributed by atoms with E-state index in [4.69, 9.17) is 0 Å². The number of aryl methyl sites for hydroxylation is 1. The third kappa shape index (κ3) is 3.09. The third-order valence-electron chi connectivity index (χ3n) is 2.36. The van der Waals surface area contributed by atoms with Crippen molar-refractivity contribution in [2.75, 3.05) is 5.32 Å². The number of hydrogen-bond acceptors (Lipinski definition) is 2. The van der Waals surface area contributed by atoms with Gasteiger partial charge in [0.15, 0.2) is 0 Å². The molecule has 0 atom stereocenters. The van der Waals surface area contributed by atoms with Crippen molar-refractivity contribution in [2.45, 2.75) is 13.5 Å². The van der Waals surface area contributed by atoms with Crippen LogP contribution in [0.4, 0.5) is 10.1 Å². The molecule has 0 amide bonds. The normalized spacial score (nSPS) is 10.6. The van der Waals surface area contributed by atoms with Crippen molar-refractivity contribution in [1.29, 1.82) is 0 Å². The van der Waals surface area contributed by atoms with Crippen molar-refractivity contribution in [3.05, 3.63) is 48.8 Å². The Labute approximate surface area is 120 Å². The molecule has 2 rings (SSSR count). The standard InChI is InChI=1S/C12H10Br2FNS/c1-7-3-2-4-10(15)11(7)16-6-8-5-9(13)12(14)17-8/h2-5,16H,6H2,1H3. The van der Waals surface area contributed by atoms with E-state index in [1.165, 1.54) is 6.07 Å². The fraction of sp³-hybridized carbons (Fsp3) is 0.167. The van der Waals surface area contributed by atoms with E-state index in [2.05, 4.69) is 37.2 Å².